The maximum atomic E-state index is 10.5. The number of carbonyl (C=O) groups excluding carboxylic acids is 1. The molecule has 1 aromatic carbocycles. The van der Waals surface area contributed by atoms with Crippen molar-refractivity contribution in [1.82, 2.24) is 4.72 Å². The lowest BCUT2D eigenvalue weighted by atomic mass is 10.2. The van der Waals surface area contributed by atoms with Gasteiger partial charge in [-0.05, 0) is 29.7 Å². The zero-order chi connectivity index (χ0) is 9.26. The summed E-state index contributed by atoms with van der Waals surface area (Å²) in [5.74, 6) is -1.18. The quantitative estimate of drug-likeness (QED) is 0.654. The molecule has 13 heavy (non-hydrogen) atoms. The number of hydrogen-bond acceptors (Lipinski definition) is 4. The lowest BCUT2D eigenvalue weighted by Crippen LogP contribution is -2.30. The van der Waals surface area contributed by atoms with Crippen LogP contribution < -0.4 is 9.83 Å². The van der Waals surface area contributed by atoms with Gasteiger partial charge in [-0.1, -0.05) is 18.2 Å². The van der Waals surface area contributed by atoms with E-state index in [1.807, 2.05) is 24.3 Å². The molecule has 0 atom stereocenters. The summed E-state index contributed by atoms with van der Waals surface area (Å²) in [6.07, 6.45) is 1.57. The van der Waals surface area contributed by atoms with E-state index in [9.17, 15) is 9.90 Å². The predicted octanol–water partition coefficient (Wildman–Crippen LogP) is 0.388. The number of carbonyl (C=O) groups is 1. The van der Waals surface area contributed by atoms with Crippen LogP contribution in [0.3, 0.4) is 0 Å². The summed E-state index contributed by atoms with van der Waals surface area (Å²) in [6, 6.07) is 7.57. The Morgan fingerprint density at radius 1 is 1.38 bits per heavy atom. The second-order valence-corrected chi connectivity index (χ2v) is 3.44. The monoisotopic (exact) mass is 192 g/mol. The Balaban J connectivity index is 2.44. The van der Waals surface area contributed by atoms with E-state index in [1.165, 1.54) is 11.9 Å². The third kappa shape index (κ3) is 1.53. The molecule has 1 aromatic rings. The summed E-state index contributed by atoms with van der Waals surface area (Å²) >= 11 is 1.29. The van der Waals surface area contributed by atoms with Crippen molar-refractivity contribution in [3.05, 3.63) is 35.5 Å². The summed E-state index contributed by atoms with van der Waals surface area (Å²) in [7, 11) is 0. The fourth-order valence-corrected chi connectivity index (χ4v) is 1.84. The van der Waals surface area contributed by atoms with E-state index in [4.69, 9.17) is 0 Å². The van der Waals surface area contributed by atoms with Crippen LogP contribution in [-0.2, 0) is 4.79 Å². The first-order chi connectivity index (χ1) is 6.27. The Morgan fingerprint density at radius 2 is 2.15 bits per heavy atom. The topological polar surface area (TPSA) is 52.2 Å². The van der Waals surface area contributed by atoms with E-state index in [0.717, 1.165) is 10.5 Å². The average molecular weight is 192 g/mol. The van der Waals surface area contributed by atoms with Gasteiger partial charge in [0, 0.05) is 4.90 Å². The molecule has 4 heteroatoms. The number of carboxylic acids is 1. The van der Waals surface area contributed by atoms with Crippen LogP contribution in [0, 0.1) is 0 Å². The smallest absolute Gasteiger partial charge is 0.0883 e. The van der Waals surface area contributed by atoms with Gasteiger partial charge in [0.1, 0.15) is 0 Å². The Bertz CT molecular complexity index is 387. The highest BCUT2D eigenvalue weighted by molar-refractivity contribution is 7.97. The Labute approximate surface area is 79.6 Å². The van der Waals surface area contributed by atoms with Gasteiger partial charge in [0.05, 0.1) is 11.7 Å². The summed E-state index contributed by atoms with van der Waals surface area (Å²) in [5.41, 5.74) is 1.02. The SMILES string of the molecule is O=C([O-])C1=Cc2ccccc2SN1. The Hall–Kier alpha value is -1.42. The second kappa shape index (κ2) is 3.14. The van der Waals surface area contributed by atoms with Crippen LogP contribution in [-0.4, -0.2) is 5.97 Å². The van der Waals surface area contributed by atoms with Gasteiger partial charge in [-0.2, -0.15) is 0 Å². The maximum Gasteiger partial charge on any atom is 0.0883 e. The zero-order valence-corrected chi connectivity index (χ0v) is 7.43. The second-order valence-electron chi connectivity index (χ2n) is 2.59. The normalized spacial score (nSPS) is 14.0. The van der Waals surface area contributed by atoms with Crippen LogP contribution >= 0.6 is 11.9 Å². The van der Waals surface area contributed by atoms with E-state index in [0.29, 0.717) is 0 Å². The van der Waals surface area contributed by atoms with Crippen LogP contribution in [0.25, 0.3) is 6.08 Å². The molecular formula is C9H6NO2S-. The molecule has 0 aromatic heterocycles. The summed E-state index contributed by atoms with van der Waals surface area (Å²) in [5, 5.41) is 10.5. The molecule has 0 bridgehead atoms. The van der Waals surface area contributed by atoms with Crippen molar-refractivity contribution in [2.24, 2.45) is 0 Å². The highest BCUT2D eigenvalue weighted by Gasteiger charge is 2.09. The van der Waals surface area contributed by atoms with Gasteiger partial charge in [0.2, 0.25) is 0 Å². The lowest BCUT2D eigenvalue weighted by molar-refractivity contribution is -0.299. The molecule has 2 rings (SSSR count). The molecule has 0 spiro atoms. The molecule has 0 fully saturated rings. The van der Waals surface area contributed by atoms with Crippen LogP contribution in [0.15, 0.2) is 34.9 Å². The standard InChI is InChI=1S/C9H7NO2S/c11-9(12)7-5-6-3-1-2-4-8(6)13-10-7/h1-5,10H,(H,11,12)/p-1. The number of rotatable bonds is 1. The summed E-state index contributed by atoms with van der Waals surface area (Å²) in [6.45, 7) is 0. The van der Waals surface area contributed by atoms with Gasteiger partial charge in [-0.3, -0.25) is 0 Å². The molecule has 66 valence electrons. The Kier molecular flexibility index (Phi) is 1.98. The lowest BCUT2D eigenvalue weighted by Gasteiger charge is -2.17. The Morgan fingerprint density at radius 3 is 2.92 bits per heavy atom. The van der Waals surface area contributed by atoms with Crippen LogP contribution in [0.1, 0.15) is 5.56 Å². The van der Waals surface area contributed by atoms with Crippen LogP contribution in [0.4, 0.5) is 0 Å². The predicted molar refractivity (Wildman–Crippen MR) is 48.4 cm³/mol. The third-order valence-corrected chi connectivity index (χ3v) is 2.62. The van der Waals surface area contributed by atoms with Crippen molar-refractivity contribution in [2.45, 2.75) is 4.90 Å². The fraction of sp³-hybridized carbons (Fsp3) is 0. The first-order valence-electron chi connectivity index (χ1n) is 3.72. The first-order valence-corrected chi connectivity index (χ1v) is 4.54. The molecule has 1 N–H and O–H groups in total. The molecule has 0 aliphatic carbocycles. The van der Waals surface area contributed by atoms with Gasteiger partial charge < -0.3 is 14.6 Å². The van der Waals surface area contributed by atoms with E-state index in [2.05, 4.69) is 4.72 Å². The minimum atomic E-state index is -1.18. The van der Waals surface area contributed by atoms with Crippen LogP contribution in [0.5, 0.6) is 0 Å². The van der Waals surface area contributed by atoms with E-state index < -0.39 is 5.97 Å². The van der Waals surface area contributed by atoms with Crippen molar-refractivity contribution >= 4 is 24.0 Å². The molecular weight excluding hydrogens is 186 g/mol. The minimum absolute atomic E-state index is 0.115. The number of carboxylic acid groups (broad SMARTS) is 1. The van der Waals surface area contributed by atoms with Gasteiger partial charge in [0.25, 0.3) is 0 Å². The van der Waals surface area contributed by atoms with E-state index in [1.54, 1.807) is 6.08 Å². The zero-order valence-electron chi connectivity index (χ0n) is 6.61. The number of hydrogen-bond donors (Lipinski definition) is 1. The van der Waals surface area contributed by atoms with Gasteiger partial charge in [-0.25, -0.2) is 0 Å². The number of aliphatic carboxylic acids is 1. The third-order valence-electron chi connectivity index (χ3n) is 1.71. The van der Waals surface area contributed by atoms with Crippen molar-refractivity contribution in [3.8, 4) is 0 Å². The van der Waals surface area contributed by atoms with Crippen molar-refractivity contribution in [3.63, 3.8) is 0 Å². The molecule has 0 saturated heterocycles. The molecule has 0 amide bonds. The molecule has 3 nitrogen and oxygen atoms in total. The molecule has 0 unspecified atom stereocenters. The fourth-order valence-electron chi connectivity index (χ4n) is 1.09. The molecule has 0 radical (unpaired) electrons. The molecule has 1 aliphatic heterocycles. The number of nitrogens with one attached hydrogen (secondary N) is 1. The molecule has 1 heterocycles. The van der Waals surface area contributed by atoms with Crippen LogP contribution in [0.2, 0.25) is 0 Å². The highest BCUT2D eigenvalue weighted by atomic mass is 32.2. The molecule has 0 saturated carbocycles. The first kappa shape index (κ1) is 8.19. The number of fused-ring (bicyclic) bond motifs is 1. The van der Waals surface area contributed by atoms with Crippen molar-refractivity contribution < 1.29 is 9.90 Å². The largest absolute Gasteiger partial charge is 0.543 e. The van der Waals surface area contributed by atoms with Gasteiger partial charge >= 0.3 is 0 Å². The van der Waals surface area contributed by atoms with Gasteiger partial charge in [0.15, 0.2) is 0 Å². The van der Waals surface area contributed by atoms with E-state index in [-0.39, 0.29) is 5.70 Å². The highest BCUT2D eigenvalue weighted by Crippen LogP contribution is 2.27. The molecule has 1 aliphatic rings. The summed E-state index contributed by atoms with van der Waals surface area (Å²) < 4.78 is 2.69. The van der Waals surface area contributed by atoms with Crippen molar-refractivity contribution in [1.29, 1.82) is 0 Å². The maximum absolute atomic E-state index is 10.5. The number of benzene rings is 1. The summed E-state index contributed by atoms with van der Waals surface area (Å²) in [4.78, 5) is 11.5. The minimum Gasteiger partial charge on any atom is -0.543 e. The van der Waals surface area contributed by atoms with Gasteiger partial charge in [-0.15, -0.1) is 0 Å². The van der Waals surface area contributed by atoms with Crippen molar-refractivity contribution in [2.75, 3.05) is 0 Å². The average Bonchev–Trinajstić information content (AvgIpc) is 2.17. The van der Waals surface area contributed by atoms with E-state index >= 15 is 0 Å².